The molecule has 1 unspecified atom stereocenters. The van der Waals surface area contributed by atoms with Crippen molar-refractivity contribution in [1.82, 2.24) is 4.90 Å². The minimum absolute atomic E-state index is 0.418. The smallest absolute Gasteiger partial charge is 0.0323 e. The summed E-state index contributed by atoms with van der Waals surface area (Å²) in [6, 6.07) is 30.9. The van der Waals surface area contributed by atoms with Crippen LogP contribution in [-0.4, -0.2) is 18.0 Å². The molecule has 5 rings (SSSR count). The first-order valence-corrected chi connectivity index (χ1v) is 9.52. The Balaban J connectivity index is 1.51. The first-order valence-electron chi connectivity index (χ1n) is 9.52. The summed E-state index contributed by atoms with van der Waals surface area (Å²) in [6.45, 7) is 3.25. The van der Waals surface area contributed by atoms with Crippen LogP contribution in [0.3, 0.4) is 0 Å². The molecule has 0 radical (unpaired) electrons. The van der Waals surface area contributed by atoms with E-state index in [2.05, 4.69) is 89.8 Å². The molecule has 26 heavy (non-hydrogen) atoms. The maximum Gasteiger partial charge on any atom is 0.0323 e. The quantitative estimate of drug-likeness (QED) is 0.611. The van der Waals surface area contributed by atoms with Gasteiger partial charge in [-0.25, -0.2) is 0 Å². The van der Waals surface area contributed by atoms with Crippen molar-refractivity contribution in [2.75, 3.05) is 13.1 Å². The highest BCUT2D eigenvalue weighted by molar-refractivity contribution is 5.81. The molecule has 1 heteroatoms. The Bertz CT molecular complexity index is 940. The average molecular weight is 337 g/mol. The molecule has 0 saturated carbocycles. The SMILES string of the molecule is c1ccc(CN2CCC3=C(C2)C(c2ccccc2)c2ccccc23)cc1. The van der Waals surface area contributed by atoms with E-state index in [4.69, 9.17) is 0 Å². The molecule has 0 spiro atoms. The van der Waals surface area contributed by atoms with Crippen LogP contribution in [0.25, 0.3) is 5.57 Å². The average Bonchev–Trinajstić information content (AvgIpc) is 3.03. The number of rotatable bonds is 3. The third-order valence-electron chi connectivity index (χ3n) is 5.79. The lowest BCUT2D eigenvalue weighted by molar-refractivity contribution is 0.283. The summed E-state index contributed by atoms with van der Waals surface area (Å²) in [5, 5.41) is 0. The molecule has 0 bridgehead atoms. The number of nitrogens with zero attached hydrogens (tertiary/aromatic N) is 1. The van der Waals surface area contributed by atoms with E-state index in [1.54, 1.807) is 11.1 Å². The standard InChI is InChI=1S/C25H23N/c1-3-9-19(10-4-1)17-26-16-15-22-21-13-7-8-14-23(21)25(24(22)18-26)20-11-5-2-6-12-20/h1-14,25H,15-18H2. The van der Waals surface area contributed by atoms with Gasteiger partial charge in [0, 0.05) is 25.6 Å². The van der Waals surface area contributed by atoms with E-state index in [0.717, 1.165) is 26.1 Å². The molecule has 1 aliphatic carbocycles. The molecular weight excluding hydrogens is 314 g/mol. The molecule has 2 aliphatic rings. The zero-order valence-electron chi connectivity index (χ0n) is 14.9. The molecule has 1 atom stereocenters. The van der Waals surface area contributed by atoms with Crippen LogP contribution in [0.2, 0.25) is 0 Å². The van der Waals surface area contributed by atoms with E-state index in [1.165, 1.54) is 22.3 Å². The molecule has 3 aromatic rings. The van der Waals surface area contributed by atoms with Crippen LogP contribution in [0, 0.1) is 0 Å². The zero-order valence-corrected chi connectivity index (χ0v) is 14.9. The van der Waals surface area contributed by atoms with E-state index >= 15 is 0 Å². The van der Waals surface area contributed by atoms with Crippen LogP contribution in [0.4, 0.5) is 0 Å². The lowest BCUT2D eigenvalue weighted by atomic mass is 9.87. The van der Waals surface area contributed by atoms with Crippen molar-refractivity contribution < 1.29 is 0 Å². The first kappa shape index (κ1) is 15.6. The molecule has 128 valence electrons. The number of fused-ring (bicyclic) bond motifs is 2. The van der Waals surface area contributed by atoms with Gasteiger partial charge in [0.1, 0.15) is 0 Å². The van der Waals surface area contributed by atoms with Gasteiger partial charge < -0.3 is 0 Å². The van der Waals surface area contributed by atoms with Crippen LogP contribution in [0.15, 0.2) is 90.5 Å². The van der Waals surface area contributed by atoms with E-state index in [9.17, 15) is 0 Å². The Morgan fingerprint density at radius 3 is 2.27 bits per heavy atom. The van der Waals surface area contributed by atoms with Gasteiger partial charge in [0.2, 0.25) is 0 Å². The molecule has 1 heterocycles. The maximum atomic E-state index is 2.61. The predicted molar refractivity (Wildman–Crippen MR) is 108 cm³/mol. The van der Waals surface area contributed by atoms with E-state index in [-0.39, 0.29) is 0 Å². The minimum Gasteiger partial charge on any atom is -0.295 e. The summed E-state index contributed by atoms with van der Waals surface area (Å²) in [7, 11) is 0. The van der Waals surface area contributed by atoms with Gasteiger partial charge in [0.15, 0.2) is 0 Å². The van der Waals surface area contributed by atoms with Crippen molar-refractivity contribution in [3.8, 4) is 0 Å². The first-order chi connectivity index (χ1) is 12.9. The predicted octanol–water partition coefficient (Wildman–Crippen LogP) is 5.49. The van der Waals surface area contributed by atoms with Crippen molar-refractivity contribution >= 4 is 5.57 Å². The second kappa shape index (κ2) is 6.59. The lowest BCUT2D eigenvalue weighted by Gasteiger charge is -2.31. The molecule has 1 aliphatic heterocycles. The Kier molecular flexibility index (Phi) is 3.95. The Morgan fingerprint density at radius 2 is 1.46 bits per heavy atom. The highest BCUT2D eigenvalue weighted by Gasteiger charge is 2.34. The van der Waals surface area contributed by atoms with Crippen molar-refractivity contribution in [2.45, 2.75) is 18.9 Å². The van der Waals surface area contributed by atoms with Gasteiger partial charge in [-0.3, -0.25) is 4.90 Å². The van der Waals surface area contributed by atoms with Gasteiger partial charge in [0.25, 0.3) is 0 Å². The Hall–Kier alpha value is -2.64. The van der Waals surface area contributed by atoms with Crippen LogP contribution >= 0.6 is 0 Å². The third kappa shape index (κ3) is 2.69. The molecular formula is C25H23N. The molecule has 1 nitrogen and oxygen atoms in total. The number of hydrogen-bond donors (Lipinski definition) is 0. The number of hydrogen-bond acceptors (Lipinski definition) is 1. The summed E-state index contributed by atoms with van der Waals surface area (Å²) in [4.78, 5) is 2.61. The minimum atomic E-state index is 0.418. The fraction of sp³-hybridized carbons (Fsp3) is 0.200. The Morgan fingerprint density at radius 1 is 0.769 bits per heavy atom. The summed E-state index contributed by atoms with van der Waals surface area (Å²) in [5.74, 6) is 0.418. The largest absolute Gasteiger partial charge is 0.295 e. The fourth-order valence-electron chi connectivity index (χ4n) is 4.63. The summed E-state index contributed by atoms with van der Waals surface area (Å²) >= 11 is 0. The van der Waals surface area contributed by atoms with E-state index in [0.29, 0.717) is 5.92 Å². The zero-order chi connectivity index (χ0) is 17.3. The van der Waals surface area contributed by atoms with Crippen LogP contribution < -0.4 is 0 Å². The molecule has 0 aromatic heterocycles. The molecule has 0 fully saturated rings. The molecule has 0 saturated heterocycles. The normalized spacial score (nSPS) is 19.3. The monoisotopic (exact) mass is 337 g/mol. The third-order valence-corrected chi connectivity index (χ3v) is 5.79. The van der Waals surface area contributed by atoms with E-state index < -0.39 is 0 Å². The second-order valence-corrected chi connectivity index (χ2v) is 7.38. The second-order valence-electron chi connectivity index (χ2n) is 7.38. The van der Waals surface area contributed by atoms with Crippen LogP contribution in [-0.2, 0) is 6.54 Å². The van der Waals surface area contributed by atoms with Crippen molar-refractivity contribution in [1.29, 1.82) is 0 Å². The van der Waals surface area contributed by atoms with Crippen LogP contribution in [0.1, 0.15) is 34.6 Å². The Labute approximate surface area is 155 Å². The fourth-order valence-corrected chi connectivity index (χ4v) is 4.63. The molecule has 0 N–H and O–H groups in total. The van der Waals surface area contributed by atoms with Gasteiger partial charge in [-0.2, -0.15) is 0 Å². The van der Waals surface area contributed by atoms with Crippen molar-refractivity contribution in [3.05, 3.63) is 113 Å². The van der Waals surface area contributed by atoms with Crippen molar-refractivity contribution in [3.63, 3.8) is 0 Å². The van der Waals surface area contributed by atoms with Gasteiger partial charge >= 0.3 is 0 Å². The van der Waals surface area contributed by atoms with Gasteiger partial charge in [-0.1, -0.05) is 84.9 Å². The highest BCUT2D eigenvalue weighted by Crippen LogP contribution is 2.48. The van der Waals surface area contributed by atoms with Gasteiger partial charge in [0.05, 0.1) is 0 Å². The van der Waals surface area contributed by atoms with Crippen LogP contribution in [0.5, 0.6) is 0 Å². The molecule has 3 aromatic carbocycles. The van der Waals surface area contributed by atoms with Crippen molar-refractivity contribution in [2.24, 2.45) is 0 Å². The number of benzene rings is 3. The maximum absolute atomic E-state index is 2.61. The topological polar surface area (TPSA) is 3.24 Å². The van der Waals surface area contributed by atoms with Gasteiger partial charge in [-0.05, 0) is 39.8 Å². The van der Waals surface area contributed by atoms with Gasteiger partial charge in [-0.15, -0.1) is 0 Å². The summed E-state index contributed by atoms with van der Waals surface area (Å²) in [5.41, 5.74) is 9.01. The summed E-state index contributed by atoms with van der Waals surface area (Å²) in [6.07, 6.45) is 1.16. The van der Waals surface area contributed by atoms with E-state index in [1.807, 2.05) is 0 Å². The summed E-state index contributed by atoms with van der Waals surface area (Å²) < 4.78 is 0. The lowest BCUT2D eigenvalue weighted by Crippen LogP contribution is -2.31. The molecule has 0 amide bonds. The highest BCUT2D eigenvalue weighted by atomic mass is 15.1.